The Morgan fingerprint density at radius 1 is 1.07 bits per heavy atom. The lowest BCUT2D eigenvalue weighted by molar-refractivity contribution is 0.623. The van der Waals surface area contributed by atoms with E-state index < -0.39 is 0 Å². The lowest BCUT2D eigenvalue weighted by Gasteiger charge is -2.09. The third kappa shape index (κ3) is 2.98. The van der Waals surface area contributed by atoms with Gasteiger partial charge in [0, 0.05) is 19.8 Å². The van der Waals surface area contributed by atoms with Crippen molar-refractivity contribution in [2.45, 2.75) is 13.5 Å². The van der Waals surface area contributed by atoms with Crippen LogP contribution in [-0.4, -0.2) is 36.1 Å². The van der Waals surface area contributed by atoms with E-state index in [1.165, 1.54) is 12.1 Å². The molecule has 1 aromatic carbocycles. The second-order valence-electron chi connectivity index (χ2n) is 6.81. The van der Waals surface area contributed by atoms with Crippen LogP contribution in [0, 0.1) is 12.7 Å². The van der Waals surface area contributed by atoms with Gasteiger partial charge in [0.05, 0.1) is 23.6 Å². The molecule has 0 aliphatic carbocycles. The van der Waals surface area contributed by atoms with E-state index >= 15 is 0 Å². The van der Waals surface area contributed by atoms with E-state index in [1.54, 1.807) is 18.5 Å². The first-order chi connectivity index (χ1) is 14.1. The lowest BCUT2D eigenvalue weighted by Crippen LogP contribution is -2.03. The molecular weight excluding hydrogens is 369 g/mol. The normalized spacial score (nSPS) is 11.4. The minimum atomic E-state index is -0.249. The number of anilines is 1. The summed E-state index contributed by atoms with van der Waals surface area (Å²) >= 11 is 0. The zero-order valence-electron chi connectivity index (χ0n) is 16.0. The monoisotopic (exact) mass is 387 g/mol. The van der Waals surface area contributed by atoms with Gasteiger partial charge in [0.1, 0.15) is 23.0 Å². The number of nitrogens with zero attached hydrogens (tertiary/aromatic N) is 6. The fourth-order valence-corrected chi connectivity index (χ4v) is 3.49. The van der Waals surface area contributed by atoms with E-state index in [0.29, 0.717) is 18.0 Å². The van der Waals surface area contributed by atoms with Crippen molar-refractivity contribution in [3.05, 3.63) is 72.2 Å². The SMILES string of the molecule is CNc1cnc2ccn(-c3cnc4nc(C)n(Cc5cccc(F)c5)c4c3)c2n1. The number of pyridine rings is 1. The largest absolute Gasteiger partial charge is 0.372 e. The van der Waals surface area contributed by atoms with E-state index in [1.807, 2.05) is 47.5 Å². The number of halogens is 1. The molecule has 0 bridgehead atoms. The minimum absolute atomic E-state index is 0.249. The van der Waals surface area contributed by atoms with Gasteiger partial charge in [-0.25, -0.2) is 24.3 Å². The Hall–Kier alpha value is -3.81. The van der Waals surface area contributed by atoms with Crippen molar-refractivity contribution in [1.29, 1.82) is 0 Å². The van der Waals surface area contributed by atoms with Gasteiger partial charge in [0.25, 0.3) is 0 Å². The van der Waals surface area contributed by atoms with Crippen molar-refractivity contribution < 1.29 is 4.39 Å². The standard InChI is InChI=1S/C21H18FN7/c1-13-26-20-18(29(13)12-14-4-3-5-15(22)8-14)9-16(10-25-20)28-7-6-17-21(28)27-19(23-2)11-24-17/h3-11H,12H2,1-2H3,(H,23,27). The van der Waals surface area contributed by atoms with Crippen LogP contribution < -0.4 is 5.32 Å². The molecule has 5 rings (SSSR count). The molecule has 0 aliphatic heterocycles. The van der Waals surface area contributed by atoms with Crippen LogP contribution in [0.3, 0.4) is 0 Å². The summed E-state index contributed by atoms with van der Waals surface area (Å²) in [5.74, 6) is 1.27. The maximum atomic E-state index is 13.6. The van der Waals surface area contributed by atoms with Gasteiger partial charge >= 0.3 is 0 Å². The maximum absolute atomic E-state index is 13.6. The molecule has 0 aliphatic rings. The fourth-order valence-electron chi connectivity index (χ4n) is 3.49. The van der Waals surface area contributed by atoms with Gasteiger partial charge in [-0.2, -0.15) is 0 Å². The average molecular weight is 387 g/mol. The summed E-state index contributed by atoms with van der Waals surface area (Å²) in [5, 5.41) is 3.01. The number of benzene rings is 1. The molecule has 0 spiro atoms. The Morgan fingerprint density at radius 3 is 2.79 bits per heavy atom. The number of fused-ring (bicyclic) bond motifs is 2. The molecule has 0 radical (unpaired) electrons. The maximum Gasteiger partial charge on any atom is 0.178 e. The molecule has 29 heavy (non-hydrogen) atoms. The van der Waals surface area contributed by atoms with Crippen LogP contribution >= 0.6 is 0 Å². The summed E-state index contributed by atoms with van der Waals surface area (Å²) in [6, 6.07) is 10.5. The Bertz CT molecular complexity index is 1350. The van der Waals surface area contributed by atoms with E-state index in [-0.39, 0.29) is 5.82 Å². The van der Waals surface area contributed by atoms with Crippen LogP contribution in [0.4, 0.5) is 10.2 Å². The molecule has 0 saturated heterocycles. The molecule has 8 heteroatoms. The van der Waals surface area contributed by atoms with Crippen LogP contribution in [0.1, 0.15) is 11.4 Å². The Morgan fingerprint density at radius 2 is 1.97 bits per heavy atom. The van der Waals surface area contributed by atoms with Crippen molar-refractivity contribution in [1.82, 2.24) is 29.1 Å². The number of imidazole rings is 1. The van der Waals surface area contributed by atoms with E-state index in [0.717, 1.165) is 33.8 Å². The highest BCUT2D eigenvalue weighted by Gasteiger charge is 2.13. The number of aryl methyl sites for hydroxylation is 1. The van der Waals surface area contributed by atoms with Gasteiger partial charge in [-0.15, -0.1) is 0 Å². The number of rotatable bonds is 4. The first kappa shape index (κ1) is 17.3. The van der Waals surface area contributed by atoms with Crippen LogP contribution in [-0.2, 0) is 6.54 Å². The van der Waals surface area contributed by atoms with Crippen LogP contribution in [0.5, 0.6) is 0 Å². The number of nitrogens with one attached hydrogen (secondary N) is 1. The second-order valence-corrected chi connectivity index (χ2v) is 6.81. The van der Waals surface area contributed by atoms with Gasteiger partial charge in [-0.05, 0) is 36.8 Å². The van der Waals surface area contributed by atoms with Gasteiger partial charge in [0.15, 0.2) is 11.3 Å². The molecule has 0 saturated carbocycles. The zero-order chi connectivity index (χ0) is 20.0. The second kappa shape index (κ2) is 6.66. The zero-order valence-corrected chi connectivity index (χ0v) is 16.0. The summed E-state index contributed by atoms with van der Waals surface area (Å²) in [6.07, 6.45) is 5.40. The highest BCUT2D eigenvalue weighted by molar-refractivity contribution is 5.78. The summed E-state index contributed by atoms with van der Waals surface area (Å²) in [5.41, 5.74) is 4.80. The first-order valence-electron chi connectivity index (χ1n) is 9.22. The Labute approximate surface area is 165 Å². The molecule has 4 heterocycles. The molecule has 144 valence electrons. The summed E-state index contributed by atoms with van der Waals surface area (Å²) in [4.78, 5) is 18.1. The van der Waals surface area contributed by atoms with Crippen LogP contribution in [0.15, 0.2) is 55.0 Å². The first-order valence-corrected chi connectivity index (χ1v) is 9.22. The predicted octanol–water partition coefficient (Wildman–Crippen LogP) is 3.70. The Balaban J connectivity index is 1.64. The van der Waals surface area contributed by atoms with Crippen molar-refractivity contribution in [2.75, 3.05) is 12.4 Å². The van der Waals surface area contributed by atoms with E-state index in [4.69, 9.17) is 0 Å². The summed E-state index contributed by atoms with van der Waals surface area (Å²) in [7, 11) is 1.81. The topological polar surface area (TPSA) is 73.5 Å². The molecule has 1 N–H and O–H groups in total. The molecular formula is C21H18FN7. The molecule has 5 aromatic rings. The van der Waals surface area contributed by atoms with Crippen molar-refractivity contribution in [3.63, 3.8) is 0 Å². The highest BCUT2D eigenvalue weighted by Crippen LogP contribution is 2.23. The number of hydrogen-bond acceptors (Lipinski definition) is 5. The van der Waals surface area contributed by atoms with Gasteiger partial charge in [-0.1, -0.05) is 12.1 Å². The molecule has 0 atom stereocenters. The van der Waals surface area contributed by atoms with Gasteiger partial charge in [-0.3, -0.25) is 4.57 Å². The molecule has 0 amide bonds. The quantitative estimate of drug-likeness (QED) is 0.509. The van der Waals surface area contributed by atoms with E-state index in [9.17, 15) is 4.39 Å². The molecule has 4 aromatic heterocycles. The third-order valence-electron chi connectivity index (χ3n) is 4.94. The lowest BCUT2D eigenvalue weighted by atomic mass is 10.2. The number of aromatic nitrogens is 6. The average Bonchev–Trinajstić information content (AvgIpc) is 3.28. The van der Waals surface area contributed by atoms with Crippen molar-refractivity contribution >= 4 is 28.1 Å². The van der Waals surface area contributed by atoms with Crippen LogP contribution in [0.25, 0.3) is 28.0 Å². The highest BCUT2D eigenvalue weighted by atomic mass is 19.1. The van der Waals surface area contributed by atoms with Gasteiger partial charge < -0.3 is 9.88 Å². The third-order valence-corrected chi connectivity index (χ3v) is 4.94. The van der Waals surface area contributed by atoms with Gasteiger partial charge in [0.2, 0.25) is 0 Å². The summed E-state index contributed by atoms with van der Waals surface area (Å²) in [6.45, 7) is 2.44. The number of hydrogen-bond donors (Lipinski definition) is 1. The Kier molecular flexibility index (Phi) is 3.97. The predicted molar refractivity (Wildman–Crippen MR) is 110 cm³/mol. The molecule has 7 nitrogen and oxygen atoms in total. The molecule has 0 unspecified atom stereocenters. The van der Waals surface area contributed by atoms with Crippen molar-refractivity contribution in [3.8, 4) is 5.69 Å². The molecule has 0 fully saturated rings. The fraction of sp³-hybridized carbons (Fsp3) is 0.143. The minimum Gasteiger partial charge on any atom is -0.372 e. The summed E-state index contributed by atoms with van der Waals surface area (Å²) < 4.78 is 17.6. The van der Waals surface area contributed by atoms with Crippen molar-refractivity contribution in [2.24, 2.45) is 0 Å². The van der Waals surface area contributed by atoms with E-state index in [2.05, 4.69) is 25.3 Å². The smallest absolute Gasteiger partial charge is 0.178 e. The van der Waals surface area contributed by atoms with Crippen LogP contribution in [0.2, 0.25) is 0 Å².